The number of nitrogens with zero attached hydrogens (tertiary/aromatic N) is 2. The number of carbonyl (C=O) groups excluding carboxylic acids is 2. The number of anilines is 2. The summed E-state index contributed by atoms with van der Waals surface area (Å²) in [7, 11) is 0. The van der Waals surface area contributed by atoms with Crippen molar-refractivity contribution in [3.05, 3.63) is 95.1 Å². The van der Waals surface area contributed by atoms with Gasteiger partial charge in [0.25, 0.3) is 5.91 Å². The van der Waals surface area contributed by atoms with Crippen molar-refractivity contribution in [3.63, 3.8) is 0 Å². The molecule has 0 aliphatic carbocycles. The summed E-state index contributed by atoms with van der Waals surface area (Å²) in [5, 5.41) is 7.49. The van der Waals surface area contributed by atoms with Gasteiger partial charge in [0.05, 0.1) is 0 Å². The Hall–Kier alpha value is -3.93. The van der Waals surface area contributed by atoms with Gasteiger partial charge in [-0.15, -0.1) is 0 Å². The van der Waals surface area contributed by atoms with Crippen LogP contribution in [0.3, 0.4) is 0 Å². The number of benzene rings is 3. The van der Waals surface area contributed by atoms with Crippen LogP contribution in [0.1, 0.15) is 46.8 Å². The molecule has 6 nitrogen and oxygen atoms in total. The second-order valence-corrected chi connectivity index (χ2v) is 8.49. The molecule has 34 heavy (non-hydrogen) atoms. The van der Waals surface area contributed by atoms with Gasteiger partial charge in [-0.1, -0.05) is 42.5 Å². The fourth-order valence-corrected chi connectivity index (χ4v) is 4.43. The minimum absolute atomic E-state index is 0.0334. The molecule has 1 aliphatic rings. The van der Waals surface area contributed by atoms with Crippen LogP contribution < -0.4 is 15.5 Å². The Morgan fingerprint density at radius 2 is 1.71 bits per heavy atom. The van der Waals surface area contributed by atoms with Crippen molar-refractivity contribution < 1.29 is 9.59 Å². The Morgan fingerprint density at radius 1 is 1.00 bits per heavy atom. The first-order chi connectivity index (χ1) is 16.5. The van der Waals surface area contributed by atoms with Crippen molar-refractivity contribution in [2.75, 3.05) is 22.9 Å². The minimum atomic E-state index is -0.0334. The molecular weight excluding hydrogens is 424 g/mol. The Labute approximate surface area is 200 Å². The van der Waals surface area contributed by atoms with Crippen LogP contribution in [-0.2, 0) is 17.6 Å². The van der Waals surface area contributed by atoms with Crippen LogP contribution in [0.2, 0.25) is 0 Å². The van der Waals surface area contributed by atoms with Crippen LogP contribution in [0.4, 0.5) is 11.4 Å². The maximum atomic E-state index is 13.2. The summed E-state index contributed by atoms with van der Waals surface area (Å²) in [6.07, 6.45) is 2.75. The number of amides is 2. The lowest BCUT2D eigenvalue weighted by molar-refractivity contribution is -0.118. The van der Waals surface area contributed by atoms with Crippen molar-refractivity contribution in [3.8, 4) is 0 Å². The maximum Gasteiger partial charge on any atom is 0.258 e. The maximum absolute atomic E-state index is 13.2. The highest BCUT2D eigenvalue weighted by Crippen LogP contribution is 2.30. The summed E-state index contributed by atoms with van der Waals surface area (Å²) in [4.78, 5) is 29.9. The molecular formula is C28H30N4O2. The molecule has 0 spiro atoms. The Morgan fingerprint density at radius 3 is 2.38 bits per heavy atom. The van der Waals surface area contributed by atoms with E-state index >= 15 is 0 Å². The van der Waals surface area contributed by atoms with Crippen molar-refractivity contribution in [2.45, 2.75) is 32.6 Å². The van der Waals surface area contributed by atoms with E-state index in [2.05, 4.69) is 0 Å². The largest absolute Gasteiger partial charge is 0.384 e. The van der Waals surface area contributed by atoms with E-state index in [4.69, 9.17) is 11.1 Å². The van der Waals surface area contributed by atoms with Gasteiger partial charge >= 0.3 is 0 Å². The molecule has 0 saturated heterocycles. The van der Waals surface area contributed by atoms with E-state index in [9.17, 15) is 9.59 Å². The molecule has 3 aromatic rings. The molecule has 0 aromatic heterocycles. The average Bonchev–Trinajstić information content (AvgIpc) is 2.87. The first-order valence-electron chi connectivity index (χ1n) is 11.7. The smallest absolute Gasteiger partial charge is 0.258 e. The van der Waals surface area contributed by atoms with E-state index in [1.165, 1.54) is 0 Å². The van der Waals surface area contributed by atoms with Gasteiger partial charge < -0.3 is 15.5 Å². The zero-order valence-electron chi connectivity index (χ0n) is 19.5. The predicted octanol–water partition coefficient (Wildman–Crippen LogP) is 4.55. The standard InChI is InChI=1S/C28H30N4O2/c1-2-31(24-8-4-3-5-9-24)28(34)23-15-16-25-22(19-23)7-6-18-32(25)26(33)17-12-20-10-13-21(14-11-20)27(29)30/h3-5,8-11,13-16,19H,2,6-7,12,17-18H2,1H3,(H3,29,30). The molecule has 2 amide bonds. The summed E-state index contributed by atoms with van der Waals surface area (Å²) in [6.45, 7) is 3.24. The highest BCUT2D eigenvalue weighted by molar-refractivity contribution is 6.07. The summed E-state index contributed by atoms with van der Waals surface area (Å²) in [5.41, 5.74) is 10.7. The number of para-hydroxylation sites is 1. The summed E-state index contributed by atoms with van der Waals surface area (Å²) in [5.74, 6) is 0.0836. The third-order valence-corrected chi connectivity index (χ3v) is 6.27. The lowest BCUT2D eigenvalue weighted by Crippen LogP contribution is -2.36. The van der Waals surface area contributed by atoms with Gasteiger partial charge in [-0.05, 0) is 67.6 Å². The first kappa shape index (κ1) is 23.2. The third kappa shape index (κ3) is 5.01. The van der Waals surface area contributed by atoms with Gasteiger partial charge in [-0.25, -0.2) is 0 Å². The Bertz CT molecular complexity index is 1190. The number of rotatable bonds is 7. The molecule has 174 valence electrons. The number of hydrogen-bond acceptors (Lipinski definition) is 3. The fourth-order valence-electron chi connectivity index (χ4n) is 4.43. The lowest BCUT2D eigenvalue weighted by Gasteiger charge is -2.30. The molecule has 0 radical (unpaired) electrons. The van der Waals surface area contributed by atoms with Gasteiger partial charge in [0.15, 0.2) is 0 Å². The Kier molecular flexibility index (Phi) is 7.07. The van der Waals surface area contributed by atoms with E-state index in [1.807, 2.05) is 84.6 Å². The number of fused-ring (bicyclic) bond motifs is 1. The van der Waals surface area contributed by atoms with Gasteiger partial charge in [0.2, 0.25) is 5.91 Å². The van der Waals surface area contributed by atoms with E-state index in [0.717, 1.165) is 35.3 Å². The van der Waals surface area contributed by atoms with Crippen LogP contribution in [0, 0.1) is 5.41 Å². The number of nitrogens with one attached hydrogen (secondary N) is 1. The van der Waals surface area contributed by atoms with E-state index in [0.29, 0.717) is 37.1 Å². The van der Waals surface area contributed by atoms with Gasteiger partial charge in [-0.3, -0.25) is 15.0 Å². The molecule has 0 saturated carbocycles. The number of amidine groups is 1. The van der Waals surface area contributed by atoms with Gasteiger partial charge in [-0.2, -0.15) is 0 Å². The van der Waals surface area contributed by atoms with Gasteiger partial charge in [0.1, 0.15) is 5.84 Å². The van der Waals surface area contributed by atoms with Crippen LogP contribution in [0.15, 0.2) is 72.8 Å². The molecule has 1 heterocycles. The van der Waals surface area contributed by atoms with Crippen molar-refractivity contribution >= 4 is 29.0 Å². The topological polar surface area (TPSA) is 90.5 Å². The summed E-state index contributed by atoms with van der Waals surface area (Å²) < 4.78 is 0. The zero-order chi connectivity index (χ0) is 24.1. The quantitative estimate of drug-likeness (QED) is 0.405. The molecule has 0 atom stereocenters. The van der Waals surface area contributed by atoms with E-state index in [-0.39, 0.29) is 17.6 Å². The summed E-state index contributed by atoms with van der Waals surface area (Å²) >= 11 is 0. The van der Waals surface area contributed by atoms with Crippen molar-refractivity contribution in [2.24, 2.45) is 5.73 Å². The summed E-state index contributed by atoms with van der Waals surface area (Å²) in [6, 6.07) is 22.8. The Balaban J connectivity index is 1.47. The number of hydrogen-bond donors (Lipinski definition) is 2. The normalized spacial score (nSPS) is 12.7. The molecule has 0 bridgehead atoms. The number of aryl methyl sites for hydroxylation is 2. The molecule has 0 unspecified atom stereocenters. The van der Waals surface area contributed by atoms with E-state index in [1.54, 1.807) is 4.90 Å². The fraction of sp³-hybridized carbons (Fsp3) is 0.250. The second-order valence-electron chi connectivity index (χ2n) is 8.49. The molecule has 4 rings (SSSR count). The van der Waals surface area contributed by atoms with Crippen molar-refractivity contribution in [1.82, 2.24) is 0 Å². The number of nitrogen functional groups attached to an aromatic ring is 1. The highest BCUT2D eigenvalue weighted by Gasteiger charge is 2.24. The van der Waals surface area contributed by atoms with Crippen LogP contribution in [0.25, 0.3) is 0 Å². The zero-order valence-corrected chi connectivity index (χ0v) is 19.5. The number of carbonyl (C=O) groups is 2. The molecule has 3 aromatic carbocycles. The highest BCUT2D eigenvalue weighted by atomic mass is 16.2. The molecule has 6 heteroatoms. The molecule has 0 fully saturated rings. The first-order valence-corrected chi connectivity index (χ1v) is 11.7. The van der Waals surface area contributed by atoms with E-state index < -0.39 is 0 Å². The minimum Gasteiger partial charge on any atom is -0.384 e. The SMILES string of the molecule is CCN(C(=O)c1ccc2c(c1)CCCN2C(=O)CCc1ccc(C(=N)N)cc1)c1ccccc1. The van der Waals surface area contributed by atoms with Crippen LogP contribution >= 0.6 is 0 Å². The lowest BCUT2D eigenvalue weighted by atomic mass is 9.97. The molecule has 1 aliphatic heterocycles. The number of nitrogens with two attached hydrogens (primary N) is 1. The van der Waals surface area contributed by atoms with Gasteiger partial charge in [0, 0.05) is 42.0 Å². The van der Waals surface area contributed by atoms with Crippen LogP contribution in [-0.4, -0.2) is 30.7 Å². The molecule has 3 N–H and O–H groups in total. The second kappa shape index (κ2) is 10.3. The monoisotopic (exact) mass is 454 g/mol. The van der Waals surface area contributed by atoms with Crippen molar-refractivity contribution in [1.29, 1.82) is 5.41 Å². The third-order valence-electron chi connectivity index (χ3n) is 6.27. The van der Waals surface area contributed by atoms with Crippen LogP contribution in [0.5, 0.6) is 0 Å². The predicted molar refractivity (Wildman–Crippen MR) is 137 cm³/mol. The average molecular weight is 455 g/mol.